The molecule has 1 saturated heterocycles. The summed E-state index contributed by atoms with van der Waals surface area (Å²) in [4.78, 5) is 13.1. The molecule has 6 N–H and O–H groups in total. The molecule has 9 heteroatoms. The fourth-order valence-corrected chi connectivity index (χ4v) is 10.3. The van der Waals surface area contributed by atoms with Gasteiger partial charge >= 0.3 is 0 Å². The van der Waals surface area contributed by atoms with Gasteiger partial charge in [0.15, 0.2) is 6.29 Å². The van der Waals surface area contributed by atoms with Gasteiger partial charge in [-0.2, -0.15) is 0 Å². The molecule has 0 aliphatic carbocycles. The average molecular weight is 1020 g/mol. The zero-order valence-electron chi connectivity index (χ0n) is 47.5. The number of carbonyl (C=O) groups excluding carboxylic acids is 1. The van der Waals surface area contributed by atoms with Crippen LogP contribution in [0.1, 0.15) is 316 Å². The predicted octanol–water partition coefficient (Wildman–Crippen LogP) is 16.1. The van der Waals surface area contributed by atoms with E-state index in [0.29, 0.717) is 6.42 Å². The lowest BCUT2D eigenvalue weighted by Crippen LogP contribution is -2.60. The number of unbranched alkanes of at least 4 members (excludes halogenated alkanes) is 43. The fraction of sp³-hybridized carbons (Fsp3) is 0.921. The molecule has 0 spiro atoms. The molecular formula is C63H121NO8. The number of amides is 1. The van der Waals surface area contributed by atoms with Crippen LogP contribution in [0.25, 0.3) is 0 Å². The monoisotopic (exact) mass is 1020 g/mol. The van der Waals surface area contributed by atoms with Gasteiger partial charge in [-0.25, -0.2) is 0 Å². The Bertz CT molecular complexity index is 1180. The number of hydrogen-bond acceptors (Lipinski definition) is 8. The highest BCUT2D eigenvalue weighted by Gasteiger charge is 2.44. The topological polar surface area (TPSA) is 149 Å². The van der Waals surface area contributed by atoms with Crippen LogP contribution in [-0.4, -0.2) is 87.5 Å². The van der Waals surface area contributed by atoms with Gasteiger partial charge in [0.05, 0.1) is 25.4 Å². The summed E-state index contributed by atoms with van der Waals surface area (Å²) in [6.07, 6.45) is 61.3. The molecule has 0 radical (unpaired) electrons. The van der Waals surface area contributed by atoms with Gasteiger partial charge in [-0.3, -0.25) is 4.79 Å². The maximum Gasteiger partial charge on any atom is 0.220 e. The van der Waals surface area contributed by atoms with Crippen LogP contribution in [0.2, 0.25) is 0 Å². The molecule has 0 aromatic carbocycles. The van der Waals surface area contributed by atoms with Crippen molar-refractivity contribution in [2.24, 2.45) is 0 Å². The molecule has 0 saturated carbocycles. The van der Waals surface area contributed by atoms with E-state index in [1.807, 2.05) is 6.08 Å². The third kappa shape index (κ3) is 41.9. The molecule has 0 bridgehead atoms. The van der Waals surface area contributed by atoms with E-state index in [1.165, 1.54) is 257 Å². The second-order valence-electron chi connectivity index (χ2n) is 22.2. The molecule has 1 fully saturated rings. The van der Waals surface area contributed by atoms with Gasteiger partial charge in [0.2, 0.25) is 5.91 Å². The lowest BCUT2D eigenvalue weighted by molar-refractivity contribution is -0.302. The highest BCUT2D eigenvalue weighted by atomic mass is 16.7. The van der Waals surface area contributed by atoms with Crippen molar-refractivity contribution < 1.29 is 39.8 Å². The van der Waals surface area contributed by atoms with E-state index in [2.05, 4.69) is 31.3 Å². The van der Waals surface area contributed by atoms with Gasteiger partial charge in [0, 0.05) is 6.42 Å². The summed E-state index contributed by atoms with van der Waals surface area (Å²) in [5, 5.41) is 54.5. The highest BCUT2D eigenvalue weighted by molar-refractivity contribution is 5.76. The molecule has 1 aliphatic rings. The van der Waals surface area contributed by atoms with Crippen LogP contribution < -0.4 is 5.32 Å². The largest absolute Gasteiger partial charge is 0.394 e. The van der Waals surface area contributed by atoms with Gasteiger partial charge in [-0.05, 0) is 32.1 Å². The zero-order valence-corrected chi connectivity index (χ0v) is 47.5. The number of rotatable bonds is 55. The number of nitrogens with one attached hydrogen (secondary N) is 1. The Kier molecular flexibility index (Phi) is 50.6. The van der Waals surface area contributed by atoms with Gasteiger partial charge in [-0.15, -0.1) is 0 Å². The van der Waals surface area contributed by atoms with Crippen molar-refractivity contribution in [1.82, 2.24) is 5.32 Å². The molecule has 1 heterocycles. The van der Waals surface area contributed by atoms with Crippen LogP contribution in [-0.2, 0) is 14.3 Å². The number of carbonyl (C=O) groups is 1. The van der Waals surface area contributed by atoms with E-state index in [-0.39, 0.29) is 12.5 Å². The zero-order chi connectivity index (χ0) is 52.2. The normalized spacial score (nSPS) is 19.2. The Morgan fingerprint density at radius 2 is 0.792 bits per heavy atom. The Morgan fingerprint density at radius 1 is 0.458 bits per heavy atom. The Hall–Kier alpha value is -1.33. The minimum absolute atomic E-state index is 0.180. The van der Waals surface area contributed by atoms with Crippen LogP contribution in [0.5, 0.6) is 0 Å². The number of aliphatic hydroxyl groups excluding tert-OH is 5. The second kappa shape index (κ2) is 53.1. The fourth-order valence-electron chi connectivity index (χ4n) is 10.3. The molecule has 1 amide bonds. The first-order chi connectivity index (χ1) is 35.3. The summed E-state index contributed by atoms with van der Waals surface area (Å²) in [5.41, 5.74) is 0. The van der Waals surface area contributed by atoms with Crippen molar-refractivity contribution in [3.8, 4) is 0 Å². The first-order valence-electron chi connectivity index (χ1n) is 31.6. The lowest BCUT2D eigenvalue weighted by atomic mass is 9.99. The molecule has 72 heavy (non-hydrogen) atoms. The summed E-state index contributed by atoms with van der Waals surface area (Å²) in [5.74, 6) is -0.180. The second-order valence-corrected chi connectivity index (χ2v) is 22.2. The Labute approximate surface area is 445 Å². The first-order valence-corrected chi connectivity index (χ1v) is 31.6. The lowest BCUT2D eigenvalue weighted by Gasteiger charge is -2.40. The third-order valence-corrected chi connectivity index (χ3v) is 15.3. The van der Waals surface area contributed by atoms with E-state index in [1.54, 1.807) is 6.08 Å². The van der Waals surface area contributed by atoms with Crippen LogP contribution in [0.3, 0.4) is 0 Å². The molecule has 1 aliphatic heterocycles. The van der Waals surface area contributed by atoms with E-state index < -0.39 is 49.5 Å². The first kappa shape index (κ1) is 68.7. The summed E-state index contributed by atoms with van der Waals surface area (Å²) in [7, 11) is 0. The van der Waals surface area contributed by atoms with E-state index in [4.69, 9.17) is 9.47 Å². The number of aliphatic hydroxyl groups is 5. The van der Waals surface area contributed by atoms with Crippen molar-refractivity contribution in [3.63, 3.8) is 0 Å². The maximum atomic E-state index is 13.1. The van der Waals surface area contributed by atoms with Crippen molar-refractivity contribution >= 4 is 5.91 Å². The summed E-state index contributed by atoms with van der Waals surface area (Å²) in [6.45, 7) is 3.80. The highest BCUT2D eigenvalue weighted by Crippen LogP contribution is 2.23. The van der Waals surface area contributed by atoms with E-state index >= 15 is 0 Å². The van der Waals surface area contributed by atoms with Crippen LogP contribution >= 0.6 is 0 Å². The van der Waals surface area contributed by atoms with Crippen molar-refractivity contribution in [1.29, 1.82) is 0 Å². The van der Waals surface area contributed by atoms with Gasteiger partial charge < -0.3 is 40.3 Å². The van der Waals surface area contributed by atoms with Gasteiger partial charge in [0.1, 0.15) is 24.4 Å². The summed E-state index contributed by atoms with van der Waals surface area (Å²) < 4.78 is 11.3. The molecule has 426 valence electrons. The van der Waals surface area contributed by atoms with Crippen LogP contribution in [0.4, 0.5) is 0 Å². The third-order valence-electron chi connectivity index (χ3n) is 15.3. The average Bonchev–Trinajstić information content (AvgIpc) is 3.38. The quantitative estimate of drug-likeness (QED) is 0.0261. The Morgan fingerprint density at radius 3 is 1.17 bits per heavy atom. The van der Waals surface area contributed by atoms with Crippen molar-refractivity contribution in [2.75, 3.05) is 13.2 Å². The van der Waals surface area contributed by atoms with Crippen molar-refractivity contribution in [2.45, 2.75) is 358 Å². The summed E-state index contributed by atoms with van der Waals surface area (Å²) >= 11 is 0. The molecule has 0 aromatic rings. The molecule has 7 atom stereocenters. The molecule has 1 rings (SSSR count). The number of ether oxygens (including phenoxy) is 2. The molecule has 9 nitrogen and oxygen atoms in total. The van der Waals surface area contributed by atoms with Gasteiger partial charge in [0.25, 0.3) is 0 Å². The minimum atomic E-state index is -1.57. The van der Waals surface area contributed by atoms with Crippen molar-refractivity contribution in [3.05, 3.63) is 24.3 Å². The van der Waals surface area contributed by atoms with Gasteiger partial charge in [-0.1, -0.05) is 301 Å². The Balaban J connectivity index is 2.12. The smallest absolute Gasteiger partial charge is 0.220 e. The minimum Gasteiger partial charge on any atom is -0.394 e. The maximum absolute atomic E-state index is 13.1. The molecule has 7 unspecified atom stereocenters. The summed E-state index contributed by atoms with van der Waals surface area (Å²) in [6, 6.07) is -0.818. The van der Waals surface area contributed by atoms with Crippen LogP contribution in [0.15, 0.2) is 24.3 Å². The molecular weight excluding hydrogens is 899 g/mol. The standard InChI is InChI=1S/C63H121NO8/c1-3-5-7-9-11-13-15-17-19-21-22-23-24-25-26-27-28-29-30-31-32-33-34-35-37-39-41-43-45-47-49-51-53-59(67)64-56(55-71-63-62(70)61(69)60(68)58(54-65)72-63)57(66)52-50-48-46-44-42-40-38-36-20-18-16-14-12-10-8-6-4-2/h42,44,50,52,56-58,60-63,65-66,68-70H,3-41,43,45-49,51,53-55H2,1-2H3,(H,64,67)/b44-42+,52-50+. The number of allylic oxidation sites excluding steroid dienone is 3. The van der Waals surface area contributed by atoms with E-state index in [0.717, 1.165) is 38.5 Å². The van der Waals surface area contributed by atoms with E-state index in [9.17, 15) is 30.3 Å². The number of hydrogen-bond donors (Lipinski definition) is 6. The molecule has 0 aromatic heterocycles. The SMILES string of the molecule is CCCCCCCCCCCCC/C=C/CC/C=C/C(O)C(COC1OC(CO)C(O)C(O)C1O)NC(=O)CCCCCCCCCCCCCCCCCCCCCCCCCCCCCCCCCC. The van der Waals surface area contributed by atoms with Crippen LogP contribution in [0, 0.1) is 0 Å². The predicted molar refractivity (Wildman–Crippen MR) is 304 cm³/mol.